The van der Waals surface area contributed by atoms with Crippen LogP contribution in [0.15, 0.2) is 36.4 Å². The van der Waals surface area contributed by atoms with Crippen molar-refractivity contribution >= 4 is 45.8 Å². The van der Waals surface area contributed by atoms with E-state index in [9.17, 15) is 0 Å². The molecule has 0 aromatic heterocycles. The maximum Gasteiger partial charge on any atom is 0.123 e. The Labute approximate surface area is 148 Å². The molecule has 1 heterocycles. The Hall–Kier alpha value is -0.450. The zero-order chi connectivity index (χ0) is 15.2. The Balaban J connectivity index is 1.99. The summed E-state index contributed by atoms with van der Waals surface area (Å²) in [7, 11) is 0. The van der Waals surface area contributed by atoms with Gasteiger partial charge in [-0.05, 0) is 58.0 Å². The number of hydrogen-bond acceptors (Lipinski definition) is 1. The Bertz CT molecular complexity index is 697. The zero-order valence-electron chi connectivity index (χ0n) is 11.8. The number of alkyl halides is 1. The fraction of sp³-hybridized carbons (Fsp3) is 0.294. The van der Waals surface area contributed by atoms with Gasteiger partial charge < -0.3 is 4.74 Å². The van der Waals surface area contributed by atoms with E-state index >= 15 is 0 Å². The van der Waals surface area contributed by atoms with Crippen LogP contribution < -0.4 is 4.74 Å². The van der Waals surface area contributed by atoms with Gasteiger partial charge in [0.2, 0.25) is 0 Å². The fourth-order valence-electron chi connectivity index (χ4n) is 2.56. The lowest BCUT2D eigenvalue weighted by Crippen LogP contribution is -2.18. The van der Waals surface area contributed by atoms with Crippen LogP contribution in [0, 0.1) is 3.57 Å². The first-order valence-electron chi connectivity index (χ1n) is 6.75. The summed E-state index contributed by atoms with van der Waals surface area (Å²) in [5, 5.41) is 0.532. The van der Waals surface area contributed by atoms with Crippen LogP contribution in [0.25, 0.3) is 0 Å². The summed E-state index contributed by atoms with van der Waals surface area (Å²) in [6.07, 6.45) is 0. The monoisotopic (exact) mass is 432 g/mol. The molecule has 0 saturated carbocycles. The lowest BCUT2D eigenvalue weighted by Gasteiger charge is -2.17. The average molecular weight is 433 g/mol. The molecule has 0 amide bonds. The molecule has 0 fully saturated rings. The number of halogens is 3. The molecule has 0 spiro atoms. The molecular weight excluding hydrogens is 418 g/mol. The van der Waals surface area contributed by atoms with Crippen molar-refractivity contribution in [3.8, 4) is 5.75 Å². The summed E-state index contributed by atoms with van der Waals surface area (Å²) in [4.78, 5) is 0. The Kier molecular flexibility index (Phi) is 4.15. The molecule has 0 saturated heterocycles. The van der Waals surface area contributed by atoms with Gasteiger partial charge in [0.05, 0.1) is 17.0 Å². The van der Waals surface area contributed by atoms with Crippen LogP contribution in [0.5, 0.6) is 5.75 Å². The zero-order valence-corrected chi connectivity index (χ0v) is 15.5. The van der Waals surface area contributed by atoms with Crippen LogP contribution in [0.2, 0.25) is 5.02 Å². The van der Waals surface area contributed by atoms with Crippen molar-refractivity contribution in [2.75, 3.05) is 6.61 Å². The number of fused-ring (bicyclic) bond motifs is 1. The minimum absolute atomic E-state index is 0.0334. The number of benzene rings is 2. The fourth-order valence-corrected chi connectivity index (χ4v) is 3.35. The first-order valence-corrected chi connectivity index (χ1v) is 8.64. The molecule has 1 atom stereocenters. The van der Waals surface area contributed by atoms with Crippen LogP contribution in [-0.2, 0) is 5.41 Å². The third-order valence-electron chi connectivity index (χ3n) is 3.85. The smallest absolute Gasteiger partial charge is 0.123 e. The second-order valence-corrected chi connectivity index (χ2v) is 7.97. The first kappa shape index (κ1) is 15.4. The van der Waals surface area contributed by atoms with Gasteiger partial charge in [-0.3, -0.25) is 0 Å². The van der Waals surface area contributed by atoms with E-state index in [0.717, 1.165) is 25.5 Å². The van der Waals surface area contributed by atoms with E-state index < -0.39 is 0 Å². The number of hydrogen-bond donors (Lipinski definition) is 0. The number of rotatable bonds is 2. The number of ether oxygens (including phenoxy) is 1. The maximum absolute atomic E-state index is 6.65. The van der Waals surface area contributed by atoms with E-state index in [0.29, 0.717) is 6.61 Å². The van der Waals surface area contributed by atoms with Crippen molar-refractivity contribution < 1.29 is 4.74 Å². The predicted molar refractivity (Wildman–Crippen MR) is 96.8 cm³/mol. The quantitative estimate of drug-likeness (QED) is 0.421. The van der Waals surface area contributed by atoms with E-state index in [4.69, 9.17) is 27.9 Å². The van der Waals surface area contributed by atoms with Gasteiger partial charge >= 0.3 is 0 Å². The van der Waals surface area contributed by atoms with Crippen LogP contribution in [0.1, 0.15) is 35.9 Å². The standard InChI is InChI=1S/C17H15Cl2IO/c1-17(2)9-21-15-6-4-10(7-12(15)17)16(19)11-3-5-14(20)13(18)8-11/h3-8,16H,9H2,1-2H3. The molecule has 2 aromatic rings. The van der Waals surface area contributed by atoms with Gasteiger partial charge in [-0.1, -0.05) is 37.6 Å². The third kappa shape index (κ3) is 2.90. The van der Waals surface area contributed by atoms with E-state index in [1.807, 2.05) is 30.3 Å². The summed E-state index contributed by atoms with van der Waals surface area (Å²) in [6, 6.07) is 12.2. The van der Waals surface area contributed by atoms with Crippen molar-refractivity contribution in [2.24, 2.45) is 0 Å². The lowest BCUT2D eigenvalue weighted by molar-refractivity contribution is 0.291. The molecule has 0 N–H and O–H groups in total. The predicted octanol–water partition coefficient (Wildman–Crippen LogP) is 5.94. The first-order chi connectivity index (χ1) is 9.88. The van der Waals surface area contributed by atoms with Crippen LogP contribution in [0.4, 0.5) is 0 Å². The molecular formula is C17H15Cl2IO. The molecule has 0 bridgehead atoms. The van der Waals surface area contributed by atoms with Crippen LogP contribution >= 0.6 is 45.8 Å². The molecule has 21 heavy (non-hydrogen) atoms. The Morgan fingerprint density at radius 1 is 1.14 bits per heavy atom. The van der Waals surface area contributed by atoms with Crippen molar-refractivity contribution in [3.63, 3.8) is 0 Å². The van der Waals surface area contributed by atoms with Crippen molar-refractivity contribution in [1.29, 1.82) is 0 Å². The highest BCUT2D eigenvalue weighted by molar-refractivity contribution is 14.1. The molecule has 1 aliphatic heterocycles. The normalized spacial score (nSPS) is 17.2. The van der Waals surface area contributed by atoms with E-state index in [-0.39, 0.29) is 10.8 Å². The summed E-state index contributed by atoms with van der Waals surface area (Å²) >= 11 is 15.1. The van der Waals surface area contributed by atoms with E-state index in [1.54, 1.807) is 0 Å². The van der Waals surface area contributed by atoms with Crippen LogP contribution in [0.3, 0.4) is 0 Å². The molecule has 3 rings (SSSR count). The molecule has 4 heteroatoms. The highest BCUT2D eigenvalue weighted by Gasteiger charge is 2.32. The van der Waals surface area contributed by atoms with E-state index in [2.05, 4.69) is 42.5 Å². The van der Waals surface area contributed by atoms with Crippen molar-refractivity contribution in [3.05, 3.63) is 61.7 Å². The summed E-state index contributed by atoms with van der Waals surface area (Å²) in [5.41, 5.74) is 3.35. The topological polar surface area (TPSA) is 9.23 Å². The second kappa shape index (κ2) is 5.64. The minimum Gasteiger partial charge on any atom is -0.492 e. The van der Waals surface area contributed by atoms with Gasteiger partial charge in [-0.25, -0.2) is 0 Å². The molecule has 2 aromatic carbocycles. The largest absolute Gasteiger partial charge is 0.492 e. The Morgan fingerprint density at radius 2 is 1.81 bits per heavy atom. The highest BCUT2D eigenvalue weighted by Crippen LogP contribution is 2.41. The lowest BCUT2D eigenvalue weighted by atomic mass is 9.85. The SMILES string of the molecule is CC1(C)COc2ccc(C(Cl)c3ccc(I)c(Cl)c3)cc21. The van der Waals surface area contributed by atoms with Gasteiger partial charge in [0, 0.05) is 14.5 Å². The van der Waals surface area contributed by atoms with Crippen LogP contribution in [-0.4, -0.2) is 6.61 Å². The third-order valence-corrected chi connectivity index (χ3v) is 5.93. The van der Waals surface area contributed by atoms with Gasteiger partial charge in [0.1, 0.15) is 5.75 Å². The maximum atomic E-state index is 6.65. The molecule has 0 aliphatic carbocycles. The molecule has 0 radical (unpaired) electrons. The van der Waals surface area contributed by atoms with Crippen molar-refractivity contribution in [2.45, 2.75) is 24.6 Å². The van der Waals surface area contributed by atoms with E-state index in [1.165, 1.54) is 5.56 Å². The summed E-state index contributed by atoms with van der Waals surface area (Å²) in [6.45, 7) is 5.09. The van der Waals surface area contributed by atoms with Gasteiger partial charge in [-0.2, -0.15) is 0 Å². The highest BCUT2D eigenvalue weighted by atomic mass is 127. The Morgan fingerprint density at radius 3 is 2.52 bits per heavy atom. The van der Waals surface area contributed by atoms with Gasteiger partial charge in [-0.15, -0.1) is 11.6 Å². The molecule has 1 unspecified atom stereocenters. The molecule has 1 aliphatic rings. The van der Waals surface area contributed by atoms with Gasteiger partial charge in [0.15, 0.2) is 0 Å². The van der Waals surface area contributed by atoms with Crippen molar-refractivity contribution in [1.82, 2.24) is 0 Å². The average Bonchev–Trinajstić information content (AvgIpc) is 2.76. The summed E-state index contributed by atoms with van der Waals surface area (Å²) in [5.74, 6) is 0.966. The summed E-state index contributed by atoms with van der Waals surface area (Å²) < 4.78 is 6.76. The molecule has 1 nitrogen and oxygen atoms in total. The molecule has 110 valence electrons. The minimum atomic E-state index is -0.207. The second-order valence-electron chi connectivity index (χ2n) is 5.96. The van der Waals surface area contributed by atoms with Gasteiger partial charge in [0.25, 0.3) is 0 Å².